The van der Waals surface area contributed by atoms with Gasteiger partial charge < -0.3 is 20.1 Å². The number of nitrogens with one attached hydrogen (secondary N) is 1. The molecule has 2 aromatic heterocycles. The molecule has 0 amide bonds. The fourth-order valence-corrected chi connectivity index (χ4v) is 6.02. The molecule has 3 aliphatic rings. The molecule has 0 spiro atoms. The zero-order valence-electron chi connectivity index (χ0n) is 23.6. The molecule has 1 aliphatic carbocycles. The van der Waals surface area contributed by atoms with Crippen molar-refractivity contribution in [3.8, 4) is 34.1 Å². The van der Waals surface area contributed by atoms with E-state index in [0.717, 1.165) is 31.7 Å². The summed E-state index contributed by atoms with van der Waals surface area (Å²) in [7, 11) is -2.79. The van der Waals surface area contributed by atoms with Crippen LogP contribution in [0.15, 0.2) is 36.5 Å². The molecule has 1 aromatic carbocycles. The van der Waals surface area contributed by atoms with Gasteiger partial charge in [-0.05, 0) is 69.2 Å². The normalized spacial score (nSPS) is 30.3. The van der Waals surface area contributed by atoms with Gasteiger partial charge in [-0.2, -0.15) is 9.37 Å². The van der Waals surface area contributed by atoms with Gasteiger partial charge in [0.2, 0.25) is 11.8 Å². The Balaban J connectivity index is 1.26. The topological polar surface area (TPSA) is 96.3 Å². The molecule has 6 rings (SSSR count). The first-order valence-corrected chi connectivity index (χ1v) is 12.4. The van der Waals surface area contributed by atoms with E-state index in [1.54, 1.807) is 18.3 Å². The van der Waals surface area contributed by atoms with E-state index in [1.165, 1.54) is 12.1 Å². The molecule has 2 saturated heterocycles. The Morgan fingerprint density at radius 2 is 2.00 bits per heavy atom. The van der Waals surface area contributed by atoms with Crippen molar-refractivity contribution in [2.75, 3.05) is 11.9 Å². The first-order chi connectivity index (χ1) is 18.8. The standard InChI is InChI=1S/C27H30F2N6O2/c1-26-8-9-27(2,34-26)24(29)19(13-26)35(17-5-6-17)22-14-30-25(33-32-22)18-7-4-15(10-20(18)36)16-11-21(28)31-23(12-16)37-3/h4,7,10-12,14,17,19,24,34,36H,5-6,8-9,13H2,1-3H3/t19-,24-,26-,27+/m1/s1/i3D3. The van der Waals surface area contributed by atoms with Gasteiger partial charge >= 0.3 is 0 Å². The lowest BCUT2D eigenvalue weighted by Gasteiger charge is -2.48. The zero-order valence-corrected chi connectivity index (χ0v) is 20.6. The maximum Gasteiger partial charge on any atom is 0.216 e. The van der Waals surface area contributed by atoms with Gasteiger partial charge in [-0.3, -0.25) is 0 Å². The number of methoxy groups -OCH3 is 1. The van der Waals surface area contributed by atoms with E-state index in [9.17, 15) is 9.50 Å². The minimum absolute atomic E-state index is 0.124. The monoisotopic (exact) mass is 511 g/mol. The van der Waals surface area contributed by atoms with Crippen LogP contribution in [0.2, 0.25) is 0 Å². The summed E-state index contributed by atoms with van der Waals surface area (Å²) in [5, 5.41) is 23.0. The molecule has 2 aliphatic heterocycles. The number of nitrogens with zero attached hydrogens (tertiary/aromatic N) is 5. The average molecular weight is 512 g/mol. The number of hydrogen-bond acceptors (Lipinski definition) is 8. The predicted molar refractivity (Wildman–Crippen MR) is 135 cm³/mol. The van der Waals surface area contributed by atoms with Crippen molar-refractivity contribution in [3.05, 3.63) is 42.5 Å². The van der Waals surface area contributed by atoms with E-state index in [-0.39, 0.29) is 34.8 Å². The number of fused-ring (bicyclic) bond motifs is 2. The maximum atomic E-state index is 15.9. The summed E-state index contributed by atoms with van der Waals surface area (Å²) >= 11 is 0. The van der Waals surface area contributed by atoms with Gasteiger partial charge in [0.1, 0.15) is 11.9 Å². The molecular weight excluding hydrogens is 478 g/mol. The van der Waals surface area contributed by atoms with E-state index in [2.05, 4.69) is 37.3 Å². The van der Waals surface area contributed by atoms with Crippen LogP contribution in [0.5, 0.6) is 11.6 Å². The summed E-state index contributed by atoms with van der Waals surface area (Å²) in [6.07, 6.45) is 4.82. The Bertz CT molecular complexity index is 1440. The molecule has 3 aromatic rings. The van der Waals surface area contributed by atoms with E-state index < -0.39 is 30.6 Å². The summed E-state index contributed by atoms with van der Waals surface area (Å²) in [6.45, 7) is 4.12. The Kier molecular flexibility index (Phi) is 4.78. The second kappa shape index (κ2) is 8.58. The lowest BCUT2D eigenvalue weighted by molar-refractivity contribution is 0.0831. The fraction of sp³-hybridized carbons (Fsp3) is 0.481. The Morgan fingerprint density at radius 3 is 2.70 bits per heavy atom. The molecule has 0 unspecified atom stereocenters. The van der Waals surface area contributed by atoms with Crippen molar-refractivity contribution < 1.29 is 22.7 Å². The highest BCUT2D eigenvalue weighted by Crippen LogP contribution is 2.47. The largest absolute Gasteiger partial charge is 0.507 e. The fourth-order valence-electron chi connectivity index (χ4n) is 6.02. The first kappa shape index (κ1) is 20.6. The third kappa shape index (κ3) is 4.27. The molecule has 4 atom stereocenters. The van der Waals surface area contributed by atoms with E-state index in [4.69, 9.17) is 8.85 Å². The highest BCUT2D eigenvalue weighted by Gasteiger charge is 2.58. The number of hydrogen-bond donors (Lipinski definition) is 2. The highest BCUT2D eigenvalue weighted by atomic mass is 19.1. The molecule has 37 heavy (non-hydrogen) atoms. The van der Waals surface area contributed by atoms with Crippen LogP contribution >= 0.6 is 0 Å². The molecular formula is C27H30F2N6O2. The molecule has 2 bridgehead atoms. The number of aromatic nitrogens is 4. The average Bonchev–Trinajstić information content (AvgIpc) is 3.66. The van der Waals surface area contributed by atoms with Gasteiger partial charge in [0.15, 0.2) is 11.6 Å². The van der Waals surface area contributed by atoms with Crippen LogP contribution in [0, 0.1) is 5.95 Å². The summed E-state index contributed by atoms with van der Waals surface area (Å²) in [4.78, 5) is 9.97. The van der Waals surface area contributed by atoms with Gasteiger partial charge in [0, 0.05) is 29.3 Å². The third-order valence-corrected chi connectivity index (χ3v) is 7.95. The quantitative estimate of drug-likeness (QED) is 0.469. The number of phenolic OH excluding ortho intramolecular Hbond substituents is 1. The minimum atomic E-state index is -2.79. The Hall–Kier alpha value is -3.40. The molecule has 0 radical (unpaired) electrons. The van der Waals surface area contributed by atoms with Crippen molar-refractivity contribution in [3.63, 3.8) is 0 Å². The van der Waals surface area contributed by atoms with Crippen LogP contribution in [-0.2, 0) is 0 Å². The minimum Gasteiger partial charge on any atom is -0.507 e. The second-order valence-corrected chi connectivity index (χ2v) is 10.9. The second-order valence-electron chi connectivity index (χ2n) is 10.9. The van der Waals surface area contributed by atoms with Crippen molar-refractivity contribution in [1.82, 2.24) is 25.5 Å². The molecule has 194 valence electrons. The van der Waals surface area contributed by atoms with Crippen molar-refractivity contribution >= 4 is 5.82 Å². The van der Waals surface area contributed by atoms with Gasteiger partial charge in [-0.1, -0.05) is 6.07 Å². The smallest absolute Gasteiger partial charge is 0.216 e. The number of aromatic hydroxyl groups is 1. The number of alkyl halides is 1. The lowest BCUT2D eigenvalue weighted by atomic mass is 9.82. The van der Waals surface area contributed by atoms with Gasteiger partial charge in [-0.15, -0.1) is 10.2 Å². The van der Waals surface area contributed by atoms with E-state index in [0.29, 0.717) is 23.4 Å². The van der Waals surface area contributed by atoms with Crippen LogP contribution in [0.25, 0.3) is 22.5 Å². The van der Waals surface area contributed by atoms with E-state index >= 15 is 4.39 Å². The van der Waals surface area contributed by atoms with E-state index in [1.807, 2.05) is 6.92 Å². The number of halogens is 2. The SMILES string of the molecule is [2H]C([2H])([2H])Oc1cc(-c2ccc(-c3ncc(N(C4CC4)[C@@H]4C[C@@]5(C)CC[C@](C)(N5)[C@@H]4F)nn3)c(O)c2)cc(F)n1. The van der Waals surface area contributed by atoms with Crippen LogP contribution in [0.1, 0.15) is 50.1 Å². The van der Waals surface area contributed by atoms with Crippen LogP contribution in [-0.4, -0.2) is 61.6 Å². The highest BCUT2D eigenvalue weighted by molar-refractivity contribution is 5.73. The Labute approximate surface area is 218 Å². The maximum absolute atomic E-state index is 15.9. The zero-order chi connectivity index (χ0) is 28.4. The number of piperidine rings is 1. The van der Waals surface area contributed by atoms with Crippen LogP contribution in [0.4, 0.5) is 14.6 Å². The molecule has 3 fully saturated rings. The van der Waals surface area contributed by atoms with Crippen molar-refractivity contribution in [2.45, 2.75) is 75.3 Å². The molecule has 1 saturated carbocycles. The summed E-state index contributed by atoms with van der Waals surface area (Å²) in [5.41, 5.74) is 0.274. The lowest BCUT2D eigenvalue weighted by Crippen LogP contribution is -2.66. The van der Waals surface area contributed by atoms with Crippen molar-refractivity contribution in [1.29, 1.82) is 0 Å². The number of pyridine rings is 1. The number of anilines is 1. The van der Waals surface area contributed by atoms with Gasteiger partial charge in [-0.25, -0.2) is 9.37 Å². The summed E-state index contributed by atoms with van der Waals surface area (Å²) < 4.78 is 56.3. The Morgan fingerprint density at radius 1 is 1.16 bits per heavy atom. The number of benzene rings is 1. The molecule has 2 N–H and O–H groups in total. The summed E-state index contributed by atoms with van der Waals surface area (Å²) in [5.74, 6) is -0.818. The molecule has 4 heterocycles. The van der Waals surface area contributed by atoms with Crippen LogP contribution in [0.3, 0.4) is 0 Å². The number of ether oxygens (including phenoxy) is 1. The van der Waals surface area contributed by atoms with Gasteiger partial charge in [0.05, 0.1) is 29.0 Å². The number of rotatable bonds is 6. The molecule has 10 heteroatoms. The van der Waals surface area contributed by atoms with Crippen molar-refractivity contribution in [2.24, 2.45) is 0 Å². The first-order valence-electron chi connectivity index (χ1n) is 13.9. The van der Waals surface area contributed by atoms with Crippen LogP contribution < -0.4 is 15.0 Å². The predicted octanol–water partition coefficient (Wildman–Crippen LogP) is 4.43. The van der Waals surface area contributed by atoms with Gasteiger partial charge in [0.25, 0.3) is 0 Å². The molecule has 8 nitrogen and oxygen atoms in total. The third-order valence-electron chi connectivity index (χ3n) is 7.95. The number of phenols is 1. The summed E-state index contributed by atoms with van der Waals surface area (Å²) in [6, 6.07) is 6.80.